The second kappa shape index (κ2) is 12.3. The lowest BCUT2D eigenvalue weighted by Crippen LogP contribution is -2.48. The van der Waals surface area contributed by atoms with Crippen molar-refractivity contribution >= 4 is 17.3 Å². The first-order valence-corrected chi connectivity index (χ1v) is 11.0. The number of nitrogens with zero attached hydrogens (tertiary/aromatic N) is 2. The molecule has 0 aliphatic carbocycles. The minimum Gasteiger partial charge on any atom is -0.389 e. The smallest absolute Gasteiger partial charge is 0.191 e. The highest BCUT2D eigenvalue weighted by Gasteiger charge is 2.20. The largest absolute Gasteiger partial charge is 0.389 e. The minimum atomic E-state index is -0.563. The first kappa shape index (κ1) is 22.1. The van der Waals surface area contributed by atoms with Gasteiger partial charge in [0.2, 0.25) is 0 Å². The number of thiophene rings is 1. The zero-order valence-corrected chi connectivity index (χ0v) is 17.8. The van der Waals surface area contributed by atoms with E-state index in [1.807, 2.05) is 0 Å². The molecule has 1 fully saturated rings. The summed E-state index contributed by atoms with van der Waals surface area (Å²) in [5.74, 6) is 1.27. The molecule has 1 aromatic heterocycles. The van der Waals surface area contributed by atoms with Crippen LogP contribution in [0.5, 0.6) is 0 Å². The van der Waals surface area contributed by atoms with Crippen molar-refractivity contribution in [2.24, 2.45) is 10.9 Å². The molecule has 3 N–H and O–H groups in total. The average Bonchev–Trinajstić information content (AvgIpc) is 3.14. The van der Waals surface area contributed by atoms with Gasteiger partial charge in [-0.1, -0.05) is 13.8 Å². The van der Waals surface area contributed by atoms with Gasteiger partial charge in [0.05, 0.1) is 19.3 Å². The van der Waals surface area contributed by atoms with Crippen LogP contribution < -0.4 is 10.6 Å². The average molecular weight is 397 g/mol. The van der Waals surface area contributed by atoms with Crippen molar-refractivity contribution in [1.29, 1.82) is 0 Å². The van der Waals surface area contributed by atoms with Crippen molar-refractivity contribution in [1.82, 2.24) is 15.5 Å². The van der Waals surface area contributed by atoms with Crippen LogP contribution in [0.3, 0.4) is 0 Å². The number of ether oxygens (including phenoxy) is 1. The Bertz CT molecular complexity index is 528. The van der Waals surface area contributed by atoms with E-state index in [2.05, 4.69) is 58.1 Å². The van der Waals surface area contributed by atoms with Gasteiger partial charge in [0.15, 0.2) is 5.96 Å². The van der Waals surface area contributed by atoms with E-state index in [9.17, 15) is 5.11 Å². The van der Waals surface area contributed by atoms with Crippen LogP contribution in [0.2, 0.25) is 0 Å². The Hall–Kier alpha value is -1.15. The Kier molecular flexibility index (Phi) is 10.1. The molecule has 2 heterocycles. The van der Waals surface area contributed by atoms with Crippen LogP contribution in [0.4, 0.5) is 0 Å². The molecule has 2 rings (SSSR count). The molecule has 0 aromatic carbocycles. The van der Waals surface area contributed by atoms with Gasteiger partial charge in [-0.2, -0.15) is 11.3 Å². The standard InChI is InChI=1S/C20H36N4O2S/c1-4-21-20(22-11-19(25)14-26-13-16(2)3)23-18-5-8-24(9-6-18)12-17-7-10-27-15-17/h7,10,15-16,18-19,25H,4-6,8-9,11-14H2,1-3H3,(H2,21,22,23). The van der Waals surface area contributed by atoms with Crippen LogP contribution in [-0.4, -0.2) is 67.5 Å². The van der Waals surface area contributed by atoms with Crippen LogP contribution in [0.1, 0.15) is 39.2 Å². The van der Waals surface area contributed by atoms with Gasteiger partial charge in [0.1, 0.15) is 0 Å². The Morgan fingerprint density at radius 3 is 2.78 bits per heavy atom. The van der Waals surface area contributed by atoms with Gasteiger partial charge >= 0.3 is 0 Å². The van der Waals surface area contributed by atoms with E-state index in [0.717, 1.165) is 45.0 Å². The van der Waals surface area contributed by atoms with Crippen LogP contribution in [-0.2, 0) is 11.3 Å². The van der Waals surface area contributed by atoms with E-state index in [0.29, 0.717) is 31.7 Å². The number of guanidine groups is 1. The third-order valence-corrected chi connectivity index (χ3v) is 5.21. The van der Waals surface area contributed by atoms with Crippen molar-refractivity contribution in [3.63, 3.8) is 0 Å². The second-order valence-electron chi connectivity index (χ2n) is 7.63. The quantitative estimate of drug-likeness (QED) is 0.418. The summed E-state index contributed by atoms with van der Waals surface area (Å²) >= 11 is 1.76. The molecule has 0 spiro atoms. The number of aliphatic hydroxyl groups is 1. The zero-order chi connectivity index (χ0) is 19.5. The van der Waals surface area contributed by atoms with Gasteiger partial charge in [-0.25, -0.2) is 0 Å². The molecule has 0 bridgehead atoms. The number of nitrogens with one attached hydrogen (secondary N) is 2. The Morgan fingerprint density at radius 2 is 2.15 bits per heavy atom. The summed E-state index contributed by atoms with van der Waals surface area (Å²) in [6, 6.07) is 2.64. The zero-order valence-electron chi connectivity index (χ0n) is 17.0. The van der Waals surface area contributed by atoms with E-state index in [1.54, 1.807) is 11.3 Å². The van der Waals surface area contributed by atoms with E-state index in [1.165, 1.54) is 5.56 Å². The van der Waals surface area contributed by atoms with E-state index in [4.69, 9.17) is 4.74 Å². The molecular weight excluding hydrogens is 360 g/mol. The number of piperidine rings is 1. The SMILES string of the molecule is CCNC(=NCC(O)COCC(C)C)NC1CCN(Cc2ccsc2)CC1. The third-order valence-electron chi connectivity index (χ3n) is 4.48. The Balaban J connectivity index is 1.71. The van der Waals surface area contributed by atoms with Crippen molar-refractivity contribution in [2.45, 2.75) is 52.3 Å². The molecule has 154 valence electrons. The highest BCUT2D eigenvalue weighted by molar-refractivity contribution is 7.07. The lowest BCUT2D eigenvalue weighted by atomic mass is 10.0. The van der Waals surface area contributed by atoms with Gasteiger partial charge in [0.25, 0.3) is 0 Å². The van der Waals surface area contributed by atoms with E-state index >= 15 is 0 Å². The summed E-state index contributed by atoms with van der Waals surface area (Å²) in [7, 11) is 0. The summed E-state index contributed by atoms with van der Waals surface area (Å²) in [5.41, 5.74) is 1.41. The van der Waals surface area contributed by atoms with Crippen LogP contribution in [0.25, 0.3) is 0 Å². The van der Waals surface area contributed by atoms with Gasteiger partial charge in [0, 0.05) is 38.8 Å². The first-order chi connectivity index (χ1) is 13.1. The van der Waals surface area contributed by atoms with Crippen LogP contribution in [0.15, 0.2) is 21.8 Å². The third kappa shape index (κ3) is 9.06. The van der Waals surface area contributed by atoms with E-state index in [-0.39, 0.29) is 0 Å². The van der Waals surface area contributed by atoms with Crippen LogP contribution >= 0.6 is 11.3 Å². The molecule has 0 saturated carbocycles. The number of hydrogen-bond acceptors (Lipinski definition) is 5. The van der Waals surface area contributed by atoms with Crippen LogP contribution in [0, 0.1) is 5.92 Å². The summed E-state index contributed by atoms with van der Waals surface area (Å²) in [6.07, 6.45) is 1.65. The fourth-order valence-electron chi connectivity index (χ4n) is 3.08. The highest BCUT2D eigenvalue weighted by Crippen LogP contribution is 2.15. The molecular formula is C20H36N4O2S. The van der Waals surface area contributed by atoms with Gasteiger partial charge in [-0.3, -0.25) is 9.89 Å². The molecule has 0 radical (unpaired) electrons. The van der Waals surface area contributed by atoms with Gasteiger partial charge < -0.3 is 20.5 Å². The first-order valence-electron chi connectivity index (χ1n) is 10.1. The normalized spacial score (nSPS) is 18.0. The molecule has 0 amide bonds. The maximum Gasteiger partial charge on any atom is 0.191 e. The number of likely N-dealkylation sites (tertiary alicyclic amines) is 1. The van der Waals surface area contributed by atoms with Crippen molar-refractivity contribution < 1.29 is 9.84 Å². The summed E-state index contributed by atoms with van der Waals surface area (Å²) in [6.45, 7) is 11.7. The monoisotopic (exact) mass is 396 g/mol. The second-order valence-corrected chi connectivity index (χ2v) is 8.41. The van der Waals surface area contributed by atoms with E-state index < -0.39 is 6.10 Å². The summed E-state index contributed by atoms with van der Waals surface area (Å²) in [5, 5.41) is 21.2. The number of rotatable bonds is 10. The number of hydrogen-bond donors (Lipinski definition) is 3. The number of aliphatic hydroxyl groups excluding tert-OH is 1. The molecule has 1 aliphatic rings. The van der Waals surface area contributed by atoms with Gasteiger partial charge in [-0.15, -0.1) is 0 Å². The van der Waals surface area contributed by atoms with Crippen molar-refractivity contribution in [3.05, 3.63) is 22.4 Å². The molecule has 1 aromatic rings. The predicted molar refractivity (Wildman–Crippen MR) is 113 cm³/mol. The molecule has 1 atom stereocenters. The topological polar surface area (TPSA) is 69.1 Å². The maximum absolute atomic E-state index is 10.0. The molecule has 1 aliphatic heterocycles. The van der Waals surface area contributed by atoms with Crippen molar-refractivity contribution in [3.8, 4) is 0 Å². The molecule has 6 nitrogen and oxygen atoms in total. The maximum atomic E-state index is 10.0. The Morgan fingerprint density at radius 1 is 1.37 bits per heavy atom. The number of aliphatic imine (C=N–C) groups is 1. The summed E-state index contributed by atoms with van der Waals surface area (Å²) < 4.78 is 5.49. The highest BCUT2D eigenvalue weighted by atomic mass is 32.1. The fraction of sp³-hybridized carbons (Fsp3) is 0.750. The van der Waals surface area contributed by atoms with Crippen molar-refractivity contribution in [2.75, 3.05) is 39.4 Å². The fourth-order valence-corrected chi connectivity index (χ4v) is 3.74. The minimum absolute atomic E-state index is 0.335. The summed E-state index contributed by atoms with van der Waals surface area (Å²) in [4.78, 5) is 7.05. The molecule has 7 heteroatoms. The molecule has 1 saturated heterocycles. The lowest BCUT2D eigenvalue weighted by molar-refractivity contribution is 0.0301. The molecule has 1 unspecified atom stereocenters. The van der Waals surface area contributed by atoms with Gasteiger partial charge in [-0.05, 0) is 48.1 Å². The lowest BCUT2D eigenvalue weighted by Gasteiger charge is -2.33. The predicted octanol–water partition coefficient (Wildman–Crippen LogP) is 2.30. The Labute approximate surface area is 168 Å². The molecule has 27 heavy (non-hydrogen) atoms.